The molecule has 0 aliphatic carbocycles. The summed E-state index contributed by atoms with van der Waals surface area (Å²) in [5.74, 6) is 0.659. The maximum absolute atomic E-state index is 11.1. The zero-order valence-corrected chi connectivity index (χ0v) is 12.5. The van der Waals surface area contributed by atoms with Gasteiger partial charge >= 0.3 is 0 Å². The number of hydrogen-bond donors (Lipinski definition) is 0. The van der Waals surface area contributed by atoms with E-state index in [1.165, 1.54) is 13.3 Å². The summed E-state index contributed by atoms with van der Waals surface area (Å²) in [6.07, 6.45) is 1.83. The molecule has 7 heteroatoms. The van der Waals surface area contributed by atoms with E-state index in [1.54, 1.807) is 19.1 Å². The Labute approximate surface area is 119 Å². The van der Waals surface area contributed by atoms with Crippen molar-refractivity contribution >= 4 is 16.3 Å². The smallest absolute Gasteiger partial charge is 0.264 e. The van der Waals surface area contributed by atoms with E-state index < -0.39 is 22.3 Å². The molecule has 0 fully saturated rings. The minimum atomic E-state index is -3.49. The Morgan fingerprint density at radius 1 is 1.30 bits per heavy atom. The van der Waals surface area contributed by atoms with Gasteiger partial charge in [-0.1, -0.05) is 23.4 Å². The minimum absolute atomic E-state index is 0.328. The molecule has 0 aromatic heterocycles. The van der Waals surface area contributed by atoms with Gasteiger partial charge in [0.1, 0.15) is 19.0 Å². The van der Waals surface area contributed by atoms with Gasteiger partial charge in [-0.25, -0.2) is 0 Å². The third-order valence-corrected chi connectivity index (χ3v) is 2.94. The Bertz CT molecular complexity index is 515. The maximum atomic E-state index is 11.1. The third kappa shape index (κ3) is 7.10. The van der Waals surface area contributed by atoms with E-state index in [0.717, 1.165) is 6.26 Å². The van der Waals surface area contributed by atoms with Gasteiger partial charge in [-0.05, 0) is 19.1 Å². The van der Waals surface area contributed by atoms with Gasteiger partial charge < -0.3 is 9.57 Å². The van der Waals surface area contributed by atoms with Gasteiger partial charge in [-0.2, -0.15) is 8.42 Å². The predicted octanol–water partition coefficient (Wildman–Crippen LogP) is 1.82. The van der Waals surface area contributed by atoms with Crippen LogP contribution in [-0.4, -0.2) is 40.2 Å². The molecule has 0 bridgehead atoms. The summed E-state index contributed by atoms with van der Waals surface area (Å²) in [5, 5.41) is 3.66. The first-order chi connectivity index (χ1) is 9.40. The van der Waals surface area contributed by atoms with Crippen molar-refractivity contribution in [2.45, 2.75) is 25.6 Å². The van der Waals surface area contributed by atoms with Crippen LogP contribution in [-0.2, 0) is 19.1 Å². The van der Waals surface area contributed by atoms with Crippen molar-refractivity contribution in [2.24, 2.45) is 5.16 Å². The fraction of sp³-hybridized carbons (Fsp3) is 0.462. The average Bonchev–Trinajstić information content (AvgIpc) is 2.35. The van der Waals surface area contributed by atoms with Crippen molar-refractivity contribution in [3.63, 3.8) is 0 Å². The highest BCUT2D eigenvalue weighted by molar-refractivity contribution is 7.86. The lowest BCUT2D eigenvalue weighted by atomic mass is 10.2. The van der Waals surface area contributed by atoms with Gasteiger partial charge in [0, 0.05) is 6.42 Å². The molecule has 0 amide bonds. The molecule has 0 radical (unpaired) electrons. The molecule has 2 atom stereocenters. The van der Waals surface area contributed by atoms with E-state index in [2.05, 4.69) is 9.99 Å². The number of benzene rings is 1. The van der Waals surface area contributed by atoms with Crippen LogP contribution in [0.2, 0.25) is 0 Å². The van der Waals surface area contributed by atoms with E-state index in [-0.39, 0.29) is 0 Å². The van der Waals surface area contributed by atoms with Gasteiger partial charge in [-0.15, -0.1) is 0 Å². The fourth-order valence-corrected chi connectivity index (χ4v) is 2.28. The zero-order chi connectivity index (χ0) is 15.0. The predicted molar refractivity (Wildman–Crippen MR) is 76.4 cm³/mol. The summed E-state index contributed by atoms with van der Waals surface area (Å²) in [5.41, 5.74) is 0. The first kappa shape index (κ1) is 16.5. The van der Waals surface area contributed by atoms with Crippen molar-refractivity contribution in [3.05, 3.63) is 30.3 Å². The first-order valence-electron chi connectivity index (χ1n) is 6.07. The summed E-state index contributed by atoms with van der Waals surface area (Å²) in [4.78, 5) is 4.62. The molecule has 0 saturated carbocycles. The molecule has 0 aliphatic rings. The van der Waals surface area contributed by atoms with Crippen molar-refractivity contribution in [1.29, 1.82) is 0 Å². The van der Waals surface area contributed by atoms with Crippen LogP contribution in [0, 0.1) is 0 Å². The maximum Gasteiger partial charge on any atom is 0.264 e. The van der Waals surface area contributed by atoms with E-state index in [4.69, 9.17) is 8.92 Å². The van der Waals surface area contributed by atoms with E-state index >= 15 is 0 Å². The standard InChI is InChI=1S/C13H19NO5S/c1-11(19-20(3,15)16)9-13(10-14-17-2)18-12-7-5-4-6-8-12/h4-8,10-11,13H,9H2,1-3H3/b14-10+. The molecule has 0 saturated heterocycles. The van der Waals surface area contributed by atoms with Gasteiger partial charge in [0.25, 0.3) is 10.1 Å². The molecule has 0 spiro atoms. The topological polar surface area (TPSA) is 74.2 Å². The molecule has 1 rings (SSSR count). The molecule has 6 nitrogen and oxygen atoms in total. The third-order valence-electron chi connectivity index (χ3n) is 2.27. The molecule has 1 aromatic rings. The summed E-state index contributed by atoms with van der Waals surface area (Å²) in [7, 11) is -2.07. The Balaban J connectivity index is 2.67. The second kappa shape index (κ2) is 7.86. The Hall–Kier alpha value is -1.60. The minimum Gasteiger partial charge on any atom is -0.485 e. The molecule has 0 aliphatic heterocycles. The average molecular weight is 301 g/mol. The normalized spacial score (nSPS) is 14.9. The number of oxime groups is 1. The molecule has 2 unspecified atom stereocenters. The molecular formula is C13H19NO5S. The van der Waals surface area contributed by atoms with Gasteiger partial charge in [0.2, 0.25) is 0 Å². The molecule has 112 valence electrons. The second-order valence-electron chi connectivity index (χ2n) is 4.25. The molecule has 1 aromatic carbocycles. The Morgan fingerprint density at radius 3 is 2.50 bits per heavy atom. The van der Waals surface area contributed by atoms with Crippen LogP contribution in [0.15, 0.2) is 35.5 Å². The quantitative estimate of drug-likeness (QED) is 0.416. The lowest BCUT2D eigenvalue weighted by Crippen LogP contribution is -2.26. The highest BCUT2D eigenvalue weighted by Gasteiger charge is 2.17. The van der Waals surface area contributed by atoms with Crippen molar-refractivity contribution < 1.29 is 22.2 Å². The van der Waals surface area contributed by atoms with Crippen LogP contribution in [0.25, 0.3) is 0 Å². The van der Waals surface area contributed by atoms with Crippen LogP contribution in [0.1, 0.15) is 13.3 Å². The molecule has 20 heavy (non-hydrogen) atoms. The summed E-state index contributed by atoms with van der Waals surface area (Å²) in [6.45, 7) is 1.66. The monoisotopic (exact) mass is 301 g/mol. The fourth-order valence-electron chi connectivity index (χ4n) is 1.61. The Kier molecular flexibility index (Phi) is 6.47. The van der Waals surface area contributed by atoms with Crippen LogP contribution >= 0.6 is 0 Å². The molecule has 0 heterocycles. The lowest BCUT2D eigenvalue weighted by Gasteiger charge is -2.18. The number of nitrogens with zero attached hydrogens (tertiary/aromatic N) is 1. The first-order valence-corrected chi connectivity index (χ1v) is 7.89. The van der Waals surface area contributed by atoms with Gasteiger partial charge in [-0.3, -0.25) is 4.18 Å². The van der Waals surface area contributed by atoms with Crippen LogP contribution in [0.5, 0.6) is 5.75 Å². The SMILES string of the molecule is CO/N=C/C(CC(C)OS(C)(=O)=O)Oc1ccccc1. The van der Waals surface area contributed by atoms with Crippen molar-refractivity contribution in [2.75, 3.05) is 13.4 Å². The summed E-state index contributed by atoms with van der Waals surface area (Å²) >= 11 is 0. The number of hydrogen-bond acceptors (Lipinski definition) is 6. The Morgan fingerprint density at radius 2 is 1.95 bits per heavy atom. The number of rotatable bonds is 8. The number of ether oxygens (including phenoxy) is 1. The highest BCUT2D eigenvalue weighted by Crippen LogP contribution is 2.14. The molecule has 0 N–H and O–H groups in total. The van der Waals surface area contributed by atoms with Crippen molar-refractivity contribution in [1.82, 2.24) is 0 Å². The summed E-state index contributed by atoms with van der Waals surface area (Å²) in [6, 6.07) is 9.17. The van der Waals surface area contributed by atoms with Crippen molar-refractivity contribution in [3.8, 4) is 5.75 Å². The van der Waals surface area contributed by atoms with E-state index in [1.807, 2.05) is 18.2 Å². The second-order valence-corrected chi connectivity index (χ2v) is 5.85. The van der Waals surface area contributed by atoms with Crippen LogP contribution in [0.4, 0.5) is 0 Å². The number of para-hydroxylation sites is 1. The van der Waals surface area contributed by atoms with Crippen LogP contribution in [0.3, 0.4) is 0 Å². The van der Waals surface area contributed by atoms with E-state index in [9.17, 15) is 8.42 Å². The van der Waals surface area contributed by atoms with Gasteiger partial charge in [0.15, 0.2) is 0 Å². The van der Waals surface area contributed by atoms with Crippen LogP contribution < -0.4 is 4.74 Å². The lowest BCUT2D eigenvalue weighted by molar-refractivity contribution is 0.157. The zero-order valence-electron chi connectivity index (χ0n) is 11.7. The highest BCUT2D eigenvalue weighted by atomic mass is 32.2. The van der Waals surface area contributed by atoms with E-state index in [0.29, 0.717) is 12.2 Å². The largest absolute Gasteiger partial charge is 0.485 e. The molecular weight excluding hydrogens is 282 g/mol. The summed E-state index contributed by atoms with van der Waals surface area (Å²) < 4.78 is 32.7. The van der Waals surface area contributed by atoms with Gasteiger partial charge in [0.05, 0.1) is 18.6 Å².